The number of hydrogen-bond donors (Lipinski definition) is 3. The Morgan fingerprint density at radius 1 is 1.21 bits per heavy atom. The van der Waals surface area contributed by atoms with E-state index in [1.54, 1.807) is 0 Å². The molecule has 2 rings (SSSR count). The highest BCUT2D eigenvalue weighted by Crippen LogP contribution is 2.33. The molecule has 19 heavy (non-hydrogen) atoms. The van der Waals surface area contributed by atoms with E-state index in [0.717, 1.165) is 6.42 Å². The Morgan fingerprint density at radius 3 is 2.74 bits per heavy atom. The number of nitrogens with one attached hydrogen (secondary N) is 3. The first-order chi connectivity index (χ1) is 9.20. The zero-order valence-corrected chi connectivity index (χ0v) is 11.7. The summed E-state index contributed by atoms with van der Waals surface area (Å²) in [5.41, 5.74) is 0. The van der Waals surface area contributed by atoms with Crippen molar-refractivity contribution in [3.8, 4) is 0 Å². The molecule has 0 radical (unpaired) electrons. The van der Waals surface area contributed by atoms with E-state index >= 15 is 0 Å². The van der Waals surface area contributed by atoms with E-state index in [2.05, 4.69) is 16.0 Å². The monoisotopic (exact) mass is 267 g/mol. The average Bonchev–Trinajstić information content (AvgIpc) is 2.82. The molecule has 0 aromatic rings. The Bertz CT molecular complexity index is 319. The summed E-state index contributed by atoms with van der Waals surface area (Å²) in [6.07, 6.45) is 6.35. The van der Waals surface area contributed by atoms with Crippen molar-refractivity contribution in [3.63, 3.8) is 0 Å². The zero-order chi connectivity index (χ0) is 13.7. The second-order valence-corrected chi connectivity index (χ2v) is 5.60. The first kappa shape index (κ1) is 14.3. The Balaban J connectivity index is 1.68. The van der Waals surface area contributed by atoms with Crippen LogP contribution in [0.25, 0.3) is 0 Å². The summed E-state index contributed by atoms with van der Waals surface area (Å²) in [5.74, 6) is 0.724. The smallest absolute Gasteiger partial charge is 0.237 e. The number of rotatable bonds is 5. The summed E-state index contributed by atoms with van der Waals surface area (Å²) < 4.78 is 0. The first-order valence-electron chi connectivity index (χ1n) is 7.51. The minimum atomic E-state index is -0.0534. The van der Waals surface area contributed by atoms with Gasteiger partial charge in [0.15, 0.2) is 0 Å². The zero-order valence-electron chi connectivity index (χ0n) is 11.7. The Kier molecular flexibility index (Phi) is 5.19. The van der Waals surface area contributed by atoms with Crippen LogP contribution in [0.2, 0.25) is 0 Å². The van der Waals surface area contributed by atoms with Crippen molar-refractivity contribution in [2.45, 2.75) is 57.5 Å². The van der Waals surface area contributed by atoms with Gasteiger partial charge in [-0.2, -0.15) is 0 Å². The second kappa shape index (κ2) is 6.89. The molecule has 5 nitrogen and oxygen atoms in total. The van der Waals surface area contributed by atoms with Crippen LogP contribution in [0.15, 0.2) is 0 Å². The van der Waals surface area contributed by atoms with Gasteiger partial charge in [0.05, 0.1) is 6.04 Å². The lowest BCUT2D eigenvalue weighted by Gasteiger charge is -2.24. The van der Waals surface area contributed by atoms with Gasteiger partial charge in [-0.3, -0.25) is 9.59 Å². The van der Waals surface area contributed by atoms with Gasteiger partial charge in [-0.25, -0.2) is 0 Å². The van der Waals surface area contributed by atoms with Gasteiger partial charge in [0.1, 0.15) is 0 Å². The molecule has 0 bridgehead atoms. The third-order valence-electron chi connectivity index (χ3n) is 4.20. The Morgan fingerprint density at radius 2 is 2.00 bits per heavy atom. The van der Waals surface area contributed by atoms with Crippen molar-refractivity contribution in [2.24, 2.45) is 5.92 Å². The number of amides is 2. The van der Waals surface area contributed by atoms with Gasteiger partial charge in [-0.15, -0.1) is 0 Å². The summed E-state index contributed by atoms with van der Waals surface area (Å²) in [4.78, 5) is 23.3. The van der Waals surface area contributed by atoms with E-state index in [9.17, 15) is 9.59 Å². The molecule has 2 aliphatic rings. The highest BCUT2D eigenvalue weighted by molar-refractivity contribution is 5.83. The maximum Gasteiger partial charge on any atom is 0.237 e. The molecular weight excluding hydrogens is 242 g/mol. The van der Waals surface area contributed by atoms with Crippen LogP contribution in [-0.2, 0) is 9.59 Å². The van der Waals surface area contributed by atoms with Crippen molar-refractivity contribution in [1.82, 2.24) is 16.0 Å². The fraction of sp³-hybridized carbons (Fsp3) is 0.857. The van der Waals surface area contributed by atoms with Crippen LogP contribution in [0.5, 0.6) is 0 Å². The molecule has 0 aromatic heterocycles. The third-order valence-corrected chi connectivity index (χ3v) is 4.20. The molecule has 1 saturated heterocycles. The number of hydrogen-bond acceptors (Lipinski definition) is 3. The molecule has 3 N–H and O–H groups in total. The van der Waals surface area contributed by atoms with Crippen molar-refractivity contribution in [1.29, 1.82) is 0 Å². The average molecular weight is 267 g/mol. The van der Waals surface area contributed by atoms with Gasteiger partial charge < -0.3 is 16.0 Å². The van der Waals surface area contributed by atoms with Gasteiger partial charge in [0.25, 0.3) is 0 Å². The molecule has 2 amide bonds. The van der Waals surface area contributed by atoms with E-state index in [4.69, 9.17) is 0 Å². The molecule has 1 aliphatic carbocycles. The summed E-state index contributed by atoms with van der Waals surface area (Å²) in [6, 6.07) is 0.482. The predicted octanol–water partition coefficient (Wildman–Crippen LogP) is 0.549. The minimum absolute atomic E-state index is 0.00384. The van der Waals surface area contributed by atoms with E-state index in [-0.39, 0.29) is 17.9 Å². The van der Waals surface area contributed by atoms with E-state index in [1.807, 2.05) is 6.92 Å². The molecule has 1 aliphatic heterocycles. The van der Waals surface area contributed by atoms with E-state index in [0.29, 0.717) is 31.5 Å². The fourth-order valence-electron chi connectivity index (χ4n) is 3.23. The van der Waals surface area contributed by atoms with Gasteiger partial charge in [0, 0.05) is 25.6 Å². The van der Waals surface area contributed by atoms with Crippen LogP contribution in [0.4, 0.5) is 0 Å². The van der Waals surface area contributed by atoms with Crippen LogP contribution in [0, 0.1) is 5.92 Å². The largest absolute Gasteiger partial charge is 0.356 e. The van der Waals surface area contributed by atoms with Crippen molar-refractivity contribution in [3.05, 3.63) is 0 Å². The Labute approximate surface area is 114 Å². The quantitative estimate of drug-likeness (QED) is 0.681. The van der Waals surface area contributed by atoms with E-state index < -0.39 is 0 Å². The lowest BCUT2D eigenvalue weighted by molar-refractivity contribution is -0.123. The maximum absolute atomic E-state index is 12.0. The molecule has 1 saturated carbocycles. The van der Waals surface area contributed by atoms with Crippen LogP contribution < -0.4 is 16.0 Å². The van der Waals surface area contributed by atoms with Gasteiger partial charge in [-0.05, 0) is 32.1 Å². The van der Waals surface area contributed by atoms with Crippen LogP contribution >= 0.6 is 0 Å². The highest BCUT2D eigenvalue weighted by Gasteiger charge is 2.37. The molecule has 1 heterocycles. The third kappa shape index (κ3) is 3.93. The van der Waals surface area contributed by atoms with Gasteiger partial charge in [0.2, 0.25) is 11.8 Å². The molecule has 0 spiro atoms. The van der Waals surface area contributed by atoms with Gasteiger partial charge in [-0.1, -0.05) is 12.8 Å². The second-order valence-electron chi connectivity index (χ2n) is 5.60. The van der Waals surface area contributed by atoms with E-state index in [1.165, 1.54) is 25.7 Å². The predicted molar refractivity (Wildman–Crippen MR) is 73.6 cm³/mol. The minimum Gasteiger partial charge on any atom is -0.356 e. The van der Waals surface area contributed by atoms with Crippen LogP contribution in [-0.4, -0.2) is 37.0 Å². The number of carbonyl (C=O) groups is 2. The lowest BCUT2D eigenvalue weighted by Crippen LogP contribution is -2.44. The lowest BCUT2D eigenvalue weighted by atomic mass is 9.85. The molecule has 2 fully saturated rings. The van der Waals surface area contributed by atoms with Crippen molar-refractivity contribution < 1.29 is 9.59 Å². The molecule has 3 atom stereocenters. The SMILES string of the molecule is CCNC(=O)CCNC(=O)C1CC2CCCCC2N1. The van der Waals surface area contributed by atoms with Crippen LogP contribution in [0.1, 0.15) is 45.4 Å². The maximum atomic E-state index is 12.0. The Hall–Kier alpha value is -1.10. The number of carbonyl (C=O) groups excluding carboxylic acids is 2. The summed E-state index contributed by atoms with van der Waals surface area (Å²) in [7, 11) is 0. The topological polar surface area (TPSA) is 70.2 Å². The summed E-state index contributed by atoms with van der Waals surface area (Å²) >= 11 is 0. The molecular formula is C14H25N3O2. The molecule has 108 valence electrons. The normalized spacial score (nSPS) is 29.6. The first-order valence-corrected chi connectivity index (χ1v) is 7.51. The van der Waals surface area contributed by atoms with Gasteiger partial charge >= 0.3 is 0 Å². The fourth-order valence-corrected chi connectivity index (χ4v) is 3.23. The standard InChI is InChI=1S/C14H25N3O2/c1-2-15-13(18)7-8-16-14(19)12-9-10-5-3-4-6-11(10)17-12/h10-12,17H,2-9H2,1H3,(H,15,18)(H,16,19). The van der Waals surface area contributed by atoms with Crippen molar-refractivity contribution >= 4 is 11.8 Å². The summed E-state index contributed by atoms with van der Waals surface area (Å²) in [6.45, 7) is 2.96. The molecule has 5 heteroatoms. The summed E-state index contributed by atoms with van der Waals surface area (Å²) in [5, 5.41) is 9.03. The highest BCUT2D eigenvalue weighted by atomic mass is 16.2. The molecule has 3 unspecified atom stereocenters. The number of fused-ring (bicyclic) bond motifs is 1. The molecule has 0 aromatic carbocycles. The van der Waals surface area contributed by atoms with Crippen molar-refractivity contribution in [2.75, 3.05) is 13.1 Å². The van der Waals surface area contributed by atoms with Crippen LogP contribution in [0.3, 0.4) is 0 Å².